The average Bonchev–Trinajstić information content (AvgIpc) is 3.23. The summed E-state index contributed by atoms with van der Waals surface area (Å²) in [5.41, 5.74) is 0.353. The van der Waals surface area contributed by atoms with Gasteiger partial charge in [-0.25, -0.2) is 13.8 Å². The Morgan fingerprint density at radius 1 is 1.16 bits per heavy atom. The molecule has 0 aliphatic heterocycles. The van der Waals surface area contributed by atoms with Crippen LogP contribution in [0.5, 0.6) is 0 Å². The van der Waals surface area contributed by atoms with Gasteiger partial charge in [0.05, 0.1) is 12.9 Å². The zero-order valence-corrected chi connectivity index (χ0v) is 14.2. The lowest BCUT2D eigenvalue weighted by Crippen LogP contribution is -2.25. The second kappa shape index (κ2) is 8.07. The molecule has 132 valence electrons. The van der Waals surface area contributed by atoms with Gasteiger partial charge < -0.3 is 8.98 Å². The first-order chi connectivity index (χ1) is 12.1. The van der Waals surface area contributed by atoms with E-state index in [0.717, 1.165) is 37.1 Å². The molecule has 0 bridgehead atoms. The lowest BCUT2D eigenvalue weighted by atomic mass is 10.2. The summed E-state index contributed by atoms with van der Waals surface area (Å²) < 4.78 is 35.1. The summed E-state index contributed by atoms with van der Waals surface area (Å²) >= 11 is 0. The summed E-state index contributed by atoms with van der Waals surface area (Å²) in [4.78, 5) is 6.09. The Balaban J connectivity index is 1.67. The van der Waals surface area contributed by atoms with Gasteiger partial charge in [-0.1, -0.05) is 0 Å². The quantitative estimate of drug-likeness (QED) is 0.615. The Bertz CT molecular complexity index is 799. The van der Waals surface area contributed by atoms with E-state index in [0.29, 0.717) is 18.7 Å². The SMILES string of the molecule is Cc1ccc(CN(CCCn2ccnc2)Cc2cc(F)ccc2F)o1. The molecular weight excluding hydrogens is 324 g/mol. The first-order valence-corrected chi connectivity index (χ1v) is 8.27. The third-order valence-electron chi connectivity index (χ3n) is 4.03. The third kappa shape index (κ3) is 5.00. The Morgan fingerprint density at radius 3 is 2.76 bits per heavy atom. The molecule has 0 radical (unpaired) electrons. The molecular formula is C19H21F2N3O. The monoisotopic (exact) mass is 345 g/mol. The lowest BCUT2D eigenvalue weighted by Gasteiger charge is -2.22. The molecule has 6 heteroatoms. The molecule has 4 nitrogen and oxygen atoms in total. The van der Waals surface area contributed by atoms with Crippen molar-refractivity contribution in [3.63, 3.8) is 0 Å². The molecule has 2 aromatic heterocycles. The van der Waals surface area contributed by atoms with Crippen molar-refractivity contribution in [2.75, 3.05) is 6.54 Å². The molecule has 0 N–H and O–H groups in total. The molecule has 0 fully saturated rings. The summed E-state index contributed by atoms with van der Waals surface area (Å²) in [6.07, 6.45) is 6.29. The maximum atomic E-state index is 14.0. The molecule has 0 atom stereocenters. The van der Waals surface area contributed by atoms with Gasteiger partial charge >= 0.3 is 0 Å². The lowest BCUT2D eigenvalue weighted by molar-refractivity contribution is 0.224. The molecule has 0 unspecified atom stereocenters. The number of halogens is 2. The fraction of sp³-hybridized carbons (Fsp3) is 0.316. The minimum Gasteiger partial charge on any atom is -0.465 e. The largest absolute Gasteiger partial charge is 0.465 e. The second-order valence-electron chi connectivity index (χ2n) is 6.11. The van der Waals surface area contributed by atoms with Crippen LogP contribution >= 0.6 is 0 Å². The topological polar surface area (TPSA) is 34.2 Å². The van der Waals surface area contributed by atoms with Gasteiger partial charge in [-0.15, -0.1) is 0 Å². The maximum absolute atomic E-state index is 14.0. The summed E-state index contributed by atoms with van der Waals surface area (Å²) in [7, 11) is 0. The van der Waals surface area contributed by atoms with Gasteiger partial charge in [0.2, 0.25) is 0 Å². The number of furan rings is 1. The molecule has 2 heterocycles. The number of hydrogen-bond donors (Lipinski definition) is 0. The van der Waals surface area contributed by atoms with Crippen LogP contribution in [-0.4, -0.2) is 21.0 Å². The van der Waals surface area contributed by atoms with Crippen LogP contribution in [0.1, 0.15) is 23.5 Å². The molecule has 0 aliphatic carbocycles. The van der Waals surface area contributed by atoms with E-state index < -0.39 is 11.6 Å². The van der Waals surface area contributed by atoms with Crippen molar-refractivity contribution in [2.45, 2.75) is 33.0 Å². The van der Waals surface area contributed by atoms with E-state index in [-0.39, 0.29) is 0 Å². The normalized spacial score (nSPS) is 11.4. The Kier molecular flexibility index (Phi) is 5.60. The number of benzene rings is 1. The molecule has 1 aromatic carbocycles. The van der Waals surface area contributed by atoms with Crippen LogP contribution in [0.25, 0.3) is 0 Å². The standard InChI is InChI=1S/C19H21F2N3O/c1-15-3-5-18(25-15)13-24(9-2-8-23-10-7-22-14-23)12-16-11-17(20)4-6-19(16)21/h3-7,10-11,14H,2,8-9,12-13H2,1H3. The van der Waals surface area contributed by atoms with E-state index >= 15 is 0 Å². The molecule has 0 aliphatic rings. The summed E-state index contributed by atoms with van der Waals surface area (Å²) in [5, 5.41) is 0. The molecule has 25 heavy (non-hydrogen) atoms. The van der Waals surface area contributed by atoms with Crippen molar-refractivity contribution >= 4 is 0 Å². The van der Waals surface area contributed by atoms with E-state index in [1.54, 1.807) is 12.5 Å². The summed E-state index contributed by atoms with van der Waals surface area (Å²) in [5.74, 6) is 0.836. The van der Waals surface area contributed by atoms with E-state index in [1.165, 1.54) is 12.1 Å². The summed E-state index contributed by atoms with van der Waals surface area (Å²) in [6, 6.07) is 7.39. The fourth-order valence-corrected chi connectivity index (χ4v) is 2.81. The van der Waals surface area contributed by atoms with Gasteiger partial charge in [0.25, 0.3) is 0 Å². The smallest absolute Gasteiger partial charge is 0.127 e. The number of aromatic nitrogens is 2. The van der Waals surface area contributed by atoms with Gasteiger partial charge in [0.15, 0.2) is 0 Å². The Morgan fingerprint density at radius 2 is 2.04 bits per heavy atom. The summed E-state index contributed by atoms with van der Waals surface area (Å²) in [6.45, 7) is 4.31. The van der Waals surface area contributed by atoms with Crippen molar-refractivity contribution < 1.29 is 13.2 Å². The zero-order chi connectivity index (χ0) is 17.6. The number of hydrogen-bond acceptors (Lipinski definition) is 3. The van der Waals surface area contributed by atoms with Gasteiger partial charge in [-0.3, -0.25) is 4.90 Å². The third-order valence-corrected chi connectivity index (χ3v) is 4.03. The van der Waals surface area contributed by atoms with Crippen molar-refractivity contribution in [1.82, 2.24) is 14.5 Å². The van der Waals surface area contributed by atoms with Crippen LogP contribution in [0.3, 0.4) is 0 Å². The maximum Gasteiger partial charge on any atom is 0.127 e. The first kappa shape index (κ1) is 17.4. The van der Waals surface area contributed by atoms with Crippen LogP contribution in [0.15, 0.2) is 53.5 Å². The fourth-order valence-electron chi connectivity index (χ4n) is 2.81. The van der Waals surface area contributed by atoms with E-state index in [9.17, 15) is 8.78 Å². The average molecular weight is 345 g/mol. The van der Waals surface area contributed by atoms with Gasteiger partial charge in [0, 0.05) is 37.6 Å². The molecule has 0 saturated heterocycles. The number of rotatable bonds is 8. The number of aryl methyl sites for hydroxylation is 2. The van der Waals surface area contributed by atoms with E-state index in [1.807, 2.05) is 29.8 Å². The second-order valence-corrected chi connectivity index (χ2v) is 6.11. The van der Waals surface area contributed by atoms with Gasteiger partial charge in [-0.05, 0) is 43.7 Å². The minimum atomic E-state index is -0.427. The number of imidazole rings is 1. The van der Waals surface area contributed by atoms with Crippen molar-refractivity contribution in [3.05, 3.63) is 77.8 Å². The van der Waals surface area contributed by atoms with Crippen LogP contribution < -0.4 is 0 Å². The number of nitrogens with zero attached hydrogens (tertiary/aromatic N) is 3. The highest BCUT2D eigenvalue weighted by Crippen LogP contribution is 2.16. The minimum absolute atomic E-state index is 0.327. The van der Waals surface area contributed by atoms with E-state index in [2.05, 4.69) is 9.88 Å². The first-order valence-electron chi connectivity index (χ1n) is 8.27. The highest BCUT2D eigenvalue weighted by molar-refractivity contribution is 5.18. The van der Waals surface area contributed by atoms with E-state index in [4.69, 9.17) is 4.42 Å². The molecule has 0 amide bonds. The van der Waals surface area contributed by atoms with Gasteiger partial charge in [0.1, 0.15) is 23.2 Å². The van der Waals surface area contributed by atoms with Crippen molar-refractivity contribution in [2.24, 2.45) is 0 Å². The zero-order valence-electron chi connectivity index (χ0n) is 14.2. The molecule has 3 rings (SSSR count). The molecule has 0 saturated carbocycles. The predicted octanol–water partition coefficient (Wildman–Crippen LogP) is 4.16. The highest BCUT2D eigenvalue weighted by Gasteiger charge is 2.13. The van der Waals surface area contributed by atoms with Crippen molar-refractivity contribution in [1.29, 1.82) is 0 Å². The van der Waals surface area contributed by atoms with Crippen LogP contribution in [0, 0.1) is 18.6 Å². The molecule has 0 spiro atoms. The molecule has 3 aromatic rings. The van der Waals surface area contributed by atoms with Crippen LogP contribution in [0.4, 0.5) is 8.78 Å². The van der Waals surface area contributed by atoms with Crippen LogP contribution in [-0.2, 0) is 19.6 Å². The Labute approximate surface area is 145 Å². The van der Waals surface area contributed by atoms with Crippen molar-refractivity contribution in [3.8, 4) is 0 Å². The highest BCUT2D eigenvalue weighted by atomic mass is 19.1. The van der Waals surface area contributed by atoms with Crippen LogP contribution in [0.2, 0.25) is 0 Å². The Hall–Kier alpha value is -2.47. The predicted molar refractivity (Wildman–Crippen MR) is 90.8 cm³/mol. The van der Waals surface area contributed by atoms with Gasteiger partial charge in [-0.2, -0.15) is 0 Å².